The smallest absolute Gasteiger partial charge is 0.282 e. The van der Waals surface area contributed by atoms with Gasteiger partial charge in [0.15, 0.2) is 14.8 Å². The second-order valence-corrected chi connectivity index (χ2v) is 9.91. The van der Waals surface area contributed by atoms with E-state index in [4.69, 9.17) is 0 Å². The standard InChI is InChI=1S/C21H20N2O3S2/c24-21(20-22-18(15-27-20)16-7-3-1-4-8-16)23-12-11-19(28(25,26)14-13-23)17-9-5-2-6-10-17/h1-10,15,19H,11-14H2. The van der Waals surface area contributed by atoms with Crippen LogP contribution < -0.4 is 0 Å². The number of hydrogen-bond donors (Lipinski definition) is 0. The molecular formula is C21H20N2O3S2. The first-order chi connectivity index (χ1) is 13.5. The van der Waals surface area contributed by atoms with Gasteiger partial charge in [-0.15, -0.1) is 11.3 Å². The van der Waals surface area contributed by atoms with Gasteiger partial charge in [-0.25, -0.2) is 13.4 Å². The molecule has 5 nitrogen and oxygen atoms in total. The molecule has 7 heteroatoms. The minimum absolute atomic E-state index is 0.0325. The minimum Gasteiger partial charge on any atom is -0.336 e. The van der Waals surface area contributed by atoms with E-state index >= 15 is 0 Å². The molecule has 1 aromatic heterocycles. The molecule has 2 heterocycles. The second-order valence-electron chi connectivity index (χ2n) is 6.75. The van der Waals surface area contributed by atoms with E-state index in [0.717, 1.165) is 16.8 Å². The van der Waals surface area contributed by atoms with E-state index in [1.54, 1.807) is 4.90 Å². The highest BCUT2D eigenvalue weighted by Gasteiger charge is 2.33. The van der Waals surface area contributed by atoms with Crippen molar-refractivity contribution >= 4 is 27.1 Å². The molecule has 1 unspecified atom stereocenters. The summed E-state index contributed by atoms with van der Waals surface area (Å²) in [5, 5.41) is 1.70. The quantitative estimate of drug-likeness (QED) is 0.656. The fraction of sp³-hybridized carbons (Fsp3) is 0.238. The largest absolute Gasteiger partial charge is 0.336 e. The predicted molar refractivity (Wildman–Crippen MR) is 111 cm³/mol. The monoisotopic (exact) mass is 412 g/mol. The van der Waals surface area contributed by atoms with Crippen LogP contribution in [-0.2, 0) is 9.84 Å². The lowest BCUT2D eigenvalue weighted by atomic mass is 10.1. The van der Waals surface area contributed by atoms with Crippen LogP contribution in [0.15, 0.2) is 66.0 Å². The maximum atomic E-state index is 12.9. The molecule has 1 aliphatic rings. The van der Waals surface area contributed by atoms with E-state index in [0.29, 0.717) is 18.0 Å². The van der Waals surface area contributed by atoms with Crippen LogP contribution in [0.1, 0.15) is 27.0 Å². The summed E-state index contributed by atoms with van der Waals surface area (Å²) in [5.74, 6) is -0.231. The first-order valence-electron chi connectivity index (χ1n) is 9.11. The predicted octanol–water partition coefficient (Wildman–Crippen LogP) is 3.81. The Hall–Kier alpha value is -2.51. The van der Waals surface area contributed by atoms with Crippen LogP contribution in [0.25, 0.3) is 11.3 Å². The van der Waals surface area contributed by atoms with Crippen LogP contribution >= 0.6 is 11.3 Å². The van der Waals surface area contributed by atoms with Gasteiger partial charge in [-0.1, -0.05) is 60.7 Å². The summed E-state index contributed by atoms with van der Waals surface area (Å²) in [7, 11) is -3.31. The molecule has 4 rings (SSSR count). The van der Waals surface area contributed by atoms with Crippen molar-refractivity contribution in [2.45, 2.75) is 11.7 Å². The van der Waals surface area contributed by atoms with Gasteiger partial charge in [0, 0.05) is 24.0 Å². The molecule has 28 heavy (non-hydrogen) atoms. The highest BCUT2D eigenvalue weighted by molar-refractivity contribution is 7.91. The van der Waals surface area contributed by atoms with Gasteiger partial charge in [0.05, 0.1) is 16.7 Å². The Balaban J connectivity index is 1.53. The maximum absolute atomic E-state index is 12.9. The van der Waals surface area contributed by atoms with Crippen LogP contribution in [0.2, 0.25) is 0 Å². The maximum Gasteiger partial charge on any atom is 0.282 e. The van der Waals surface area contributed by atoms with Crippen molar-refractivity contribution in [3.8, 4) is 11.3 Å². The number of aromatic nitrogens is 1. The Morgan fingerprint density at radius 1 is 1.00 bits per heavy atom. The van der Waals surface area contributed by atoms with Crippen LogP contribution in [0.5, 0.6) is 0 Å². The molecule has 0 aliphatic carbocycles. The third-order valence-corrected chi connectivity index (χ3v) is 7.91. The van der Waals surface area contributed by atoms with E-state index in [1.165, 1.54) is 11.3 Å². The lowest BCUT2D eigenvalue weighted by Crippen LogP contribution is -2.33. The molecular weight excluding hydrogens is 392 g/mol. The number of carbonyl (C=O) groups is 1. The third-order valence-electron chi connectivity index (χ3n) is 4.96. The second kappa shape index (κ2) is 7.85. The van der Waals surface area contributed by atoms with Crippen LogP contribution in [0.3, 0.4) is 0 Å². The summed E-state index contributed by atoms with van der Waals surface area (Å²) in [6, 6.07) is 18.9. The number of amides is 1. The highest BCUT2D eigenvalue weighted by atomic mass is 32.2. The number of thiazole rings is 1. The zero-order chi connectivity index (χ0) is 19.6. The van der Waals surface area contributed by atoms with Crippen LogP contribution in [-0.4, -0.2) is 43.1 Å². The molecule has 0 radical (unpaired) electrons. The number of nitrogens with zero attached hydrogens (tertiary/aromatic N) is 2. The number of carbonyl (C=O) groups excluding carboxylic acids is 1. The van der Waals surface area contributed by atoms with Crippen molar-refractivity contribution in [1.29, 1.82) is 0 Å². The van der Waals surface area contributed by atoms with Crippen molar-refractivity contribution < 1.29 is 13.2 Å². The summed E-state index contributed by atoms with van der Waals surface area (Å²) in [6.07, 6.45) is 0.398. The molecule has 3 aromatic rings. The molecule has 144 valence electrons. The molecule has 1 atom stereocenters. The Kier molecular flexibility index (Phi) is 5.28. The molecule has 2 aromatic carbocycles. The lowest BCUT2D eigenvalue weighted by molar-refractivity contribution is 0.0766. The fourth-order valence-electron chi connectivity index (χ4n) is 3.44. The lowest BCUT2D eigenvalue weighted by Gasteiger charge is -2.18. The number of benzene rings is 2. The number of rotatable bonds is 3. The van der Waals surface area contributed by atoms with Gasteiger partial charge in [0.25, 0.3) is 5.91 Å². The summed E-state index contributed by atoms with van der Waals surface area (Å²) < 4.78 is 25.5. The summed E-state index contributed by atoms with van der Waals surface area (Å²) in [5.41, 5.74) is 2.51. The number of hydrogen-bond acceptors (Lipinski definition) is 5. The Bertz CT molecular complexity index is 1060. The average Bonchev–Trinajstić information content (AvgIpc) is 3.15. The first kappa shape index (κ1) is 18.8. The van der Waals surface area contributed by atoms with E-state index < -0.39 is 15.1 Å². The minimum atomic E-state index is -3.31. The van der Waals surface area contributed by atoms with E-state index in [9.17, 15) is 13.2 Å². The van der Waals surface area contributed by atoms with Crippen LogP contribution in [0, 0.1) is 0 Å². The van der Waals surface area contributed by atoms with E-state index in [1.807, 2.05) is 66.0 Å². The molecule has 0 bridgehead atoms. The van der Waals surface area contributed by atoms with Crippen molar-refractivity contribution in [2.24, 2.45) is 0 Å². The summed E-state index contributed by atoms with van der Waals surface area (Å²) in [6.45, 7) is 0.600. The SMILES string of the molecule is O=C(c1nc(-c2ccccc2)cs1)N1CCC(c2ccccc2)S(=O)(=O)CC1. The summed E-state index contributed by atoms with van der Waals surface area (Å²) >= 11 is 1.30. The van der Waals surface area contributed by atoms with Gasteiger partial charge in [-0.2, -0.15) is 0 Å². The average molecular weight is 413 g/mol. The fourth-order valence-corrected chi connectivity index (χ4v) is 6.03. The molecule has 0 saturated carbocycles. The van der Waals surface area contributed by atoms with Crippen LogP contribution in [0.4, 0.5) is 0 Å². The van der Waals surface area contributed by atoms with Crippen molar-refractivity contribution in [3.05, 3.63) is 76.6 Å². The topological polar surface area (TPSA) is 67.3 Å². The van der Waals surface area contributed by atoms with Gasteiger partial charge in [0.2, 0.25) is 0 Å². The van der Waals surface area contributed by atoms with Crippen molar-refractivity contribution in [2.75, 3.05) is 18.8 Å². The molecule has 1 saturated heterocycles. The summed E-state index contributed by atoms with van der Waals surface area (Å²) in [4.78, 5) is 19.0. The zero-order valence-corrected chi connectivity index (χ0v) is 16.8. The van der Waals surface area contributed by atoms with Gasteiger partial charge in [0.1, 0.15) is 0 Å². The molecule has 0 spiro atoms. The Morgan fingerprint density at radius 2 is 1.68 bits per heavy atom. The molecule has 0 N–H and O–H groups in total. The first-order valence-corrected chi connectivity index (χ1v) is 11.7. The highest BCUT2D eigenvalue weighted by Crippen LogP contribution is 2.30. The number of sulfone groups is 1. The van der Waals surface area contributed by atoms with E-state index in [2.05, 4.69) is 4.98 Å². The molecule has 1 amide bonds. The van der Waals surface area contributed by atoms with Gasteiger partial charge >= 0.3 is 0 Å². The van der Waals surface area contributed by atoms with Crippen molar-refractivity contribution in [1.82, 2.24) is 9.88 Å². The third kappa shape index (κ3) is 3.86. The van der Waals surface area contributed by atoms with Gasteiger partial charge < -0.3 is 4.90 Å². The molecule has 1 fully saturated rings. The Labute approximate surface area is 168 Å². The normalized spacial score (nSPS) is 19.1. The zero-order valence-electron chi connectivity index (χ0n) is 15.2. The van der Waals surface area contributed by atoms with Gasteiger partial charge in [-0.05, 0) is 12.0 Å². The Morgan fingerprint density at radius 3 is 2.39 bits per heavy atom. The van der Waals surface area contributed by atoms with Crippen molar-refractivity contribution in [3.63, 3.8) is 0 Å². The molecule has 1 aliphatic heterocycles. The van der Waals surface area contributed by atoms with Gasteiger partial charge in [-0.3, -0.25) is 4.79 Å². The van der Waals surface area contributed by atoms with E-state index in [-0.39, 0.29) is 18.2 Å².